The van der Waals surface area contributed by atoms with Crippen molar-refractivity contribution in [3.63, 3.8) is 0 Å². The minimum absolute atomic E-state index is 0.00949. The maximum absolute atomic E-state index is 12.6. The van der Waals surface area contributed by atoms with Crippen LogP contribution in [0, 0.1) is 39.4 Å². The van der Waals surface area contributed by atoms with Crippen molar-refractivity contribution in [3.8, 4) is 0 Å². The van der Waals surface area contributed by atoms with E-state index in [0.29, 0.717) is 18.8 Å². The van der Waals surface area contributed by atoms with Gasteiger partial charge in [-0.15, -0.1) is 0 Å². The summed E-state index contributed by atoms with van der Waals surface area (Å²) in [6.07, 6.45) is 9.33. The quantitative estimate of drug-likeness (QED) is 0.458. The Kier molecular flexibility index (Phi) is 5.12. The highest BCUT2D eigenvalue weighted by molar-refractivity contribution is 5.77. The van der Waals surface area contributed by atoms with E-state index < -0.39 is 29.7 Å². The highest BCUT2D eigenvalue weighted by Gasteiger charge is 2.69. The van der Waals surface area contributed by atoms with Crippen LogP contribution in [0.15, 0.2) is 23.8 Å². The van der Waals surface area contributed by atoms with Crippen molar-refractivity contribution in [1.82, 2.24) is 0 Å². The largest absolute Gasteiger partial charge is 0.481 e. The van der Waals surface area contributed by atoms with E-state index in [2.05, 4.69) is 33.4 Å². The van der Waals surface area contributed by atoms with Gasteiger partial charge in [-0.1, -0.05) is 44.6 Å². The Hall–Kier alpha value is -1.17. The second kappa shape index (κ2) is 7.18. The maximum atomic E-state index is 12.6. The topological polar surface area (TPSA) is 98.0 Å². The number of aliphatic hydroxyl groups excluding tert-OH is 2. The number of aliphatic hydroxyl groups is 3. The Balaban J connectivity index is 1.59. The molecule has 5 rings (SSSR count). The molecule has 0 heterocycles. The predicted molar refractivity (Wildman–Crippen MR) is 126 cm³/mol. The zero-order chi connectivity index (χ0) is 24.0. The molecule has 0 aromatic rings. The van der Waals surface area contributed by atoms with Crippen molar-refractivity contribution in [1.29, 1.82) is 0 Å². The van der Waals surface area contributed by atoms with Gasteiger partial charge in [-0.05, 0) is 92.3 Å². The monoisotopic (exact) mass is 458 g/mol. The fourth-order valence-electron chi connectivity index (χ4n) is 9.88. The van der Waals surface area contributed by atoms with E-state index in [0.717, 1.165) is 51.4 Å². The molecule has 0 saturated heterocycles. The summed E-state index contributed by atoms with van der Waals surface area (Å²) in [6.45, 7) is 10.9. The summed E-state index contributed by atoms with van der Waals surface area (Å²) in [6, 6.07) is 0. The van der Waals surface area contributed by atoms with E-state index >= 15 is 0 Å². The molecule has 0 aliphatic heterocycles. The first-order chi connectivity index (χ1) is 15.4. The molecule has 5 aliphatic carbocycles. The number of fused-ring (bicyclic) bond motifs is 7. The summed E-state index contributed by atoms with van der Waals surface area (Å²) in [4.78, 5) is 12.6. The van der Waals surface area contributed by atoms with Gasteiger partial charge in [0.1, 0.15) is 5.60 Å². The Morgan fingerprint density at radius 2 is 1.82 bits per heavy atom. The lowest BCUT2D eigenvalue weighted by atomic mass is 9.34. The molecule has 184 valence electrons. The second-order valence-corrected chi connectivity index (χ2v) is 13.0. The molecule has 9 unspecified atom stereocenters. The molecule has 9 atom stereocenters. The van der Waals surface area contributed by atoms with Crippen molar-refractivity contribution in [3.05, 3.63) is 23.8 Å². The number of carboxylic acids is 1. The molecule has 0 amide bonds. The first-order valence-electron chi connectivity index (χ1n) is 13.0. The summed E-state index contributed by atoms with van der Waals surface area (Å²) in [5, 5.41) is 42.5. The minimum Gasteiger partial charge on any atom is -0.481 e. The summed E-state index contributed by atoms with van der Waals surface area (Å²) in [7, 11) is 0. The highest BCUT2D eigenvalue weighted by Crippen LogP contribution is 2.74. The van der Waals surface area contributed by atoms with Gasteiger partial charge < -0.3 is 20.4 Å². The maximum Gasteiger partial charge on any atom is 0.310 e. The Bertz CT molecular complexity index is 910. The van der Waals surface area contributed by atoms with Crippen LogP contribution in [0.25, 0.3) is 0 Å². The average Bonchev–Trinajstić information content (AvgIpc) is 2.77. The van der Waals surface area contributed by atoms with Crippen molar-refractivity contribution >= 4 is 5.97 Å². The molecule has 0 aromatic carbocycles. The van der Waals surface area contributed by atoms with E-state index in [1.54, 1.807) is 0 Å². The van der Waals surface area contributed by atoms with Crippen LogP contribution < -0.4 is 0 Å². The van der Waals surface area contributed by atoms with Crippen molar-refractivity contribution in [2.24, 2.45) is 39.4 Å². The Morgan fingerprint density at radius 3 is 2.48 bits per heavy atom. The number of hydrogen-bond donors (Lipinski definition) is 4. The van der Waals surface area contributed by atoms with Gasteiger partial charge in [-0.3, -0.25) is 4.79 Å². The van der Waals surface area contributed by atoms with Crippen LogP contribution in [0.5, 0.6) is 0 Å². The van der Waals surface area contributed by atoms with Crippen LogP contribution in [-0.2, 0) is 4.79 Å². The molecule has 0 aromatic heterocycles. The standard InChI is InChI=1S/C28H42O5/c1-17-7-12-27(23(31)32)14-13-25(3)18(19(27)15-17)5-6-20-24(2)10-9-22(30)28(33,16-29)21(24)8-11-26(20,25)4/h5,19-22,29-30,33H,1,6-16H2,2-4H3,(H,31,32). The molecule has 0 radical (unpaired) electrons. The van der Waals surface area contributed by atoms with Gasteiger partial charge in [0.05, 0.1) is 18.1 Å². The zero-order valence-corrected chi connectivity index (χ0v) is 20.6. The Labute approximate surface area is 198 Å². The number of carboxylic acid groups (broad SMARTS) is 1. The van der Waals surface area contributed by atoms with Gasteiger partial charge in [0.25, 0.3) is 0 Å². The van der Waals surface area contributed by atoms with Gasteiger partial charge in [-0.2, -0.15) is 0 Å². The highest BCUT2D eigenvalue weighted by atomic mass is 16.4. The summed E-state index contributed by atoms with van der Waals surface area (Å²) in [5.74, 6) is -0.417. The number of rotatable bonds is 2. The summed E-state index contributed by atoms with van der Waals surface area (Å²) in [5.41, 5.74) is 0.161. The predicted octanol–water partition coefficient (Wildman–Crippen LogP) is 4.46. The lowest BCUT2D eigenvalue weighted by Crippen LogP contribution is -2.68. The average molecular weight is 459 g/mol. The van der Waals surface area contributed by atoms with Crippen LogP contribution in [0.1, 0.15) is 85.0 Å². The fraction of sp³-hybridized carbons (Fsp3) is 0.821. The first kappa shape index (κ1) is 23.6. The number of allylic oxidation sites excluding steroid dienone is 3. The number of hydrogen-bond acceptors (Lipinski definition) is 4. The third kappa shape index (κ3) is 2.73. The van der Waals surface area contributed by atoms with Crippen molar-refractivity contribution in [2.75, 3.05) is 6.61 Å². The van der Waals surface area contributed by atoms with E-state index in [1.807, 2.05) is 0 Å². The first-order valence-corrected chi connectivity index (χ1v) is 13.0. The third-order valence-corrected chi connectivity index (χ3v) is 12.1. The third-order valence-electron chi connectivity index (χ3n) is 12.1. The molecule has 33 heavy (non-hydrogen) atoms. The molecule has 4 fully saturated rings. The Morgan fingerprint density at radius 1 is 1.09 bits per heavy atom. The van der Waals surface area contributed by atoms with Crippen LogP contribution in [0.2, 0.25) is 0 Å². The summed E-state index contributed by atoms with van der Waals surface area (Å²) >= 11 is 0. The van der Waals surface area contributed by atoms with Crippen molar-refractivity contribution in [2.45, 2.75) is 96.7 Å². The molecule has 0 bridgehead atoms. The number of carbonyl (C=O) groups is 1. The molecule has 4 saturated carbocycles. The normalized spacial score (nSPS) is 53.8. The van der Waals surface area contributed by atoms with Crippen LogP contribution in [0.3, 0.4) is 0 Å². The van der Waals surface area contributed by atoms with E-state index in [4.69, 9.17) is 0 Å². The molecule has 4 N–H and O–H groups in total. The summed E-state index contributed by atoms with van der Waals surface area (Å²) < 4.78 is 0. The molecule has 5 nitrogen and oxygen atoms in total. The molecule has 5 aliphatic rings. The fourth-order valence-corrected chi connectivity index (χ4v) is 9.88. The zero-order valence-electron chi connectivity index (χ0n) is 20.6. The van der Waals surface area contributed by atoms with Gasteiger partial charge in [0.2, 0.25) is 0 Å². The van der Waals surface area contributed by atoms with Crippen LogP contribution in [-0.4, -0.2) is 44.7 Å². The SMILES string of the molecule is C=C1CCC2(C(=O)O)CCC3(C)C(=CCC4C5(C)CCC(O)C(O)(CO)C5CCC43C)C2C1. The van der Waals surface area contributed by atoms with Crippen LogP contribution >= 0.6 is 0 Å². The van der Waals surface area contributed by atoms with Gasteiger partial charge >= 0.3 is 5.97 Å². The molecular formula is C28H42O5. The van der Waals surface area contributed by atoms with Gasteiger partial charge in [0.15, 0.2) is 0 Å². The van der Waals surface area contributed by atoms with E-state index in [1.165, 1.54) is 11.1 Å². The van der Waals surface area contributed by atoms with E-state index in [-0.39, 0.29) is 28.1 Å². The lowest BCUT2D eigenvalue weighted by Gasteiger charge is -2.70. The van der Waals surface area contributed by atoms with E-state index in [9.17, 15) is 25.2 Å². The van der Waals surface area contributed by atoms with Crippen LogP contribution in [0.4, 0.5) is 0 Å². The minimum atomic E-state index is -1.44. The van der Waals surface area contributed by atoms with Gasteiger partial charge in [0, 0.05) is 5.92 Å². The smallest absolute Gasteiger partial charge is 0.310 e. The molecule has 5 heteroatoms. The molecule has 0 spiro atoms. The second-order valence-electron chi connectivity index (χ2n) is 13.0. The van der Waals surface area contributed by atoms with Crippen molar-refractivity contribution < 1.29 is 25.2 Å². The number of aliphatic carboxylic acids is 1. The molecular weight excluding hydrogens is 416 g/mol. The van der Waals surface area contributed by atoms with Gasteiger partial charge in [-0.25, -0.2) is 0 Å². The lowest BCUT2D eigenvalue weighted by molar-refractivity contribution is -0.249.